The molecule has 0 bridgehead atoms. The Balaban J connectivity index is 0.00000144. The number of nitrogens with one attached hydrogen (secondary N) is 2. The van der Waals surface area contributed by atoms with E-state index in [1.807, 2.05) is 12.1 Å². The van der Waals surface area contributed by atoms with E-state index in [1.54, 1.807) is 11.3 Å². The maximum absolute atomic E-state index is 11.4. The predicted molar refractivity (Wildman–Crippen MR) is 93.0 cm³/mol. The molecule has 0 radical (unpaired) electrons. The molecule has 1 aliphatic carbocycles. The van der Waals surface area contributed by atoms with E-state index in [4.69, 9.17) is 4.98 Å². The first kappa shape index (κ1) is 15.3. The average Bonchev–Trinajstić information content (AvgIpc) is 3.18. The van der Waals surface area contributed by atoms with Crippen LogP contribution in [0.25, 0.3) is 11.3 Å². The van der Waals surface area contributed by atoms with Gasteiger partial charge in [0.2, 0.25) is 5.91 Å². The lowest BCUT2D eigenvalue weighted by molar-refractivity contribution is -0.115. The number of halogens is 1. The van der Waals surface area contributed by atoms with E-state index in [-0.39, 0.29) is 18.3 Å². The Morgan fingerprint density at radius 1 is 1.27 bits per heavy atom. The highest BCUT2D eigenvalue weighted by atomic mass is 35.5. The maximum Gasteiger partial charge on any atom is 0.228 e. The summed E-state index contributed by atoms with van der Waals surface area (Å²) in [5, 5.41) is 9.48. The molecule has 1 aromatic carbocycles. The molecule has 0 unspecified atom stereocenters. The molecule has 0 atom stereocenters. The molecular formula is C16H18ClN3OS. The number of nitrogens with zero attached hydrogens (tertiary/aromatic N) is 1. The van der Waals surface area contributed by atoms with Crippen molar-refractivity contribution in [2.24, 2.45) is 0 Å². The Morgan fingerprint density at radius 3 is 2.91 bits per heavy atom. The van der Waals surface area contributed by atoms with Gasteiger partial charge in [0, 0.05) is 22.7 Å². The summed E-state index contributed by atoms with van der Waals surface area (Å²) >= 11 is 1.66. The van der Waals surface area contributed by atoms with Gasteiger partial charge >= 0.3 is 0 Å². The summed E-state index contributed by atoms with van der Waals surface area (Å²) in [5.41, 5.74) is 4.07. The molecule has 1 fully saturated rings. The normalized spacial score (nSPS) is 17.0. The van der Waals surface area contributed by atoms with Crippen LogP contribution in [0.5, 0.6) is 0 Å². The number of fused-ring (bicyclic) bond motifs is 1. The molecule has 116 valence electrons. The van der Waals surface area contributed by atoms with Crippen LogP contribution < -0.4 is 10.6 Å². The fourth-order valence-electron chi connectivity index (χ4n) is 3.11. The molecule has 4 nitrogen and oxygen atoms in total. The van der Waals surface area contributed by atoms with E-state index in [0.717, 1.165) is 27.6 Å². The molecule has 6 heteroatoms. The number of benzene rings is 1. The first-order valence-electron chi connectivity index (χ1n) is 7.43. The quantitative estimate of drug-likeness (QED) is 0.888. The third-order valence-corrected chi connectivity index (χ3v) is 4.99. The van der Waals surface area contributed by atoms with Gasteiger partial charge in [-0.15, -0.1) is 23.7 Å². The number of aromatic nitrogens is 1. The summed E-state index contributed by atoms with van der Waals surface area (Å²) < 4.78 is 0. The van der Waals surface area contributed by atoms with Crippen LogP contribution in [-0.4, -0.2) is 16.9 Å². The number of hydrogen-bond donors (Lipinski definition) is 2. The van der Waals surface area contributed by atoms with E-state index in [2.05, 4.69) is 22.1 Å². The van der Waals surface area contributed by atoms with Gasteiger partial charge in [-0.1, -0.05) is 18.9 Å². The van der Waals surface area contributed by atoms with Crippen LogP contribution in [0, 0.1) is 0 Å². The Hall–Kier alpha value is -1.59. The molecule has 1 amide bonds. The van der Waals surface area contributed by atoms with Crippen LogP contribution in [-0.2, 0) is 11.2 Å². The van der Waals surface area contributed by atoms with Crippen LogP contribution in [0.3, 0.4) is 0 Å². The summed E-state index contributed by atoms with van der Waals surface area (Å²) in [6, 6.07) is 6.66. The zero-order valence-corrected chi connectivity index (χ0v) is 13.7. The molecule has 1 saturated carbocycles. The molecule has 0 saturated heterocycles. The monoisotopic (exact) mass is 335 g/mol. The fourth-order valence-corrected chi connectivity index (χ4v) is 3.90. The first-order valence-corrected chi connectivity index (χ1v) is 8.31. The summed E-state index contributed by atoms with van der Waals surface area (Å²) in [4.78, 5) is 16.1. The van der Waals surface area contributed by atoms with Gasteiger partial charge in [-0.2, -0.15) is 0 Å². The fraction of sp³-hybridized carbons (Fsp3) is 0.375. The van der Waals surface area contributed by atoms with Gasteiger partial charge in [0.1, 0.15) is 0 Å². The van der Waals surface area contributed by atoms with Gasteiger partial charge in [0.15, 0.2) is 5.13 Å². The predicted octanol–water partition coefficient (Wildman–Crippen LogP) is 4.08. The lowest BCUT2D eigenvalue weighted by Gasteiger charge is -2.09. The molecule has 1 aliphatic heterocycles. The number of carbonyl (C=O) groups excluding carboxylic acids is 1. The lowest BCUT2D eigenvalue weighted by atomic mass is 10.1. The van der Waals surface area contributed by atoms with Crippen LogP contribution in [0.4, 0.5) is 10.8 Å². The van der Waals surface area contributed by atoms with Crippen molar-refractivity contribution in [3.63, 3.8) is 0 Å². The first-order chi connectivity index (χ1) is 10.3. The molecule has 4 rings (SSSR count). The Labute approximate surface area is 139 Å². The molecule has 2 aromatic rings. The number of amides is 1. The van der Waals surface area contributed by atoms with Crippen LogP contribution in [0.1, 0.15) is 31.2 Å². The molecule has 22 heavy (non-hydrogen) atoms. The third kappa shape index (κ3) is 2.96. The van der Waals surface area contributed by atoms with Gasteiger partial charge in [-0.3, -0.25) is 4.79 Å². The number of thiazole rings is 1. The second kappa shape index (κ2) is 6.26. The van der Waals surface area contributed by atoms with Crippen molar-refractivity contribution in [2.75, 3.05) is 10.6 Å². The number of hydrogen-bond acceptors (Lipinski definition) is 4. The average molecular weight is 336 g/mol. The molecular weight excluding hydrogens is 318 g/mol. The largest absolute Gasteiger partial charge is 0.359 e. The summed E-state index contributed by atoms with van der Waals surface area (Å²) in [6.45, 7) is 0. The zero-order chi connectivity index (χ0) is 14.2. The summed E-state index contributed by atoms with van der Waals surface area (Å²) in [5.74, 6) is 0.0732. The van der Waals surface area contributed by atoms with Crippen LogP contribution in [0.2, 0.25) is 0 Å². The van der Waals surface area contributed by atoms with E-state index < -0.39 is 0 Å². The van der Waals surface area contributed by atoms with Gasteiger partial charge in [-0.05, 0) is 30.5 Å². The third-order valence-electron chi connectivity index (χ3n) is 4.21. The lowest BCUT2D eigenvalue weighted by Crippen LogP contribution is -2.13. The minimum Gasteiger partial charge on any atom is -0.359 e. The highest BCUT2D eigenvalue weighted by molar-refractivity contribution is 7.14. The number of carbonyl (C=O) groups is 1. The van der Waals surface area contributed by atoms with Crippen molar-refractivity contribution >= 4 is 40.5 Å². The van der Waals surface area contributed by atoms with E-state index >= 15 is 0 Å². The summed E-state index contributed by atoms with van der Waals surface area (Å²) in [7, 11) is 0. The van der Waals surface area contributed by atoms with Crippen molar-refractivity contribution in [2.45, 2.75) is 38.1 Å². The summed E-state index contributed by atoms with van der Waals surface area (Å²) in [6.07, 6.45) is 5.62. The van der Waals surface area contributed by atoms with Crippen molar-refractivity contribution in [3.05, 3.63) is 29.1 Å². The molecule has 2 heterocycles. The zero-order valence-electron chi connectivity index (χ0n) is 12.1. The van der Waals surface area contributed by atoms with Crippen molar-refractivity contribution in [3.8, 4) is 11.3 Å². The number of anilines is 2. The smallest absolute Gasteiger partial charge is 0.228 e. The van der Waals surface area contributed by atoms with Gasteiger partial charge in [-0.25, -0.2) is 4.98 Å². The van der Waals surface area contributed by atoms with Gasteiger partial charge in [0.05, 0.1) is 12.1 Å². The second-order valence-electron chi connectivity index (χ2n) is 5.76. The van der Waals surface area contributed by atoms with Crippen molar-refractivity contribution < 1.29 is 4.79 Å². The van der Waals surface area contributed by atoms with Crippen molar-refractivity contribution in [1.29, 1.82) is 0 Å². The Morgan fingerprint density at radius 2 is 2.09 bits per heavy atom. The molecule has 2 N–H and O–H groups in total. The highest BCUT2D eigenvalue weighted by Crippen LogP contribution is 2.32. The molecule has 1 aromatic heterocycles. The topological polar surface area (TPSA) is 54.0 Å². The Kier molecular flexibility index (Phi) is 4.36. The van der Waals surface area contributed by atoms with E-state index in [1.165, 1.54) is 25.7 Å². The molecule has 0 spiro atoms. The van der Waals surface area contributed by atoms with E-state index in [0.29, 0.717) is 12.5 Å². The Bertz CT molecular complexity index is 694. The van der Waals surface area contributed by atoms with Crippen molar-refractivity contribution in [1.82, 2.24) is 4.98 Å². The second-order valence-corrected chi connectivity index (χ2v) is 6.62. The highest BCUT2D eigenvalue weighted by Gasteiger charge is 2.19. The SMILES string of the molecule is Cl.O=C1Cc2cc(-c3csc(NC4CCCC4)n3)ccc2N1. The van der Waals surface area contributed by atoms with Crippen LogP contribution in [0.15, 0.2) is 23.6 Å². The minimum atomic E-state index is 0. The molecule has 2 aliphatic rings. The van der Waals surface area contributed by atoms with Gasteiger partial charge < -0.3 is 10.6 Å². The standard InChI is InChI=1S/C16H17N3OS.ClH/c20-15-8-11-7-10(5-6-13(11)18-15)14-9-21-16(19-14)17-12-3-1-2-4-12;/h5-7,9,12H,1-4,8H2,(H,17,19)(H,18,20);1H. The minimum absolute atomic E-state index is 0. The van der Waals surface area contributed by atoms with E-state index in [9.17, 15) is 4.79 Å². The maximum atomic E-state index is 11.4. The number of rotatable bonds is 3. The van der Waals surface area contributed by atoms with Gasteiger partial charge in [0.25, 0.3) is 0 Å². The van der Waals surface area contributed by atoms with Crippen LogP contribution >= 0.6 is 23.7 Å².